The van der Waals surface area contributed by atoms with Gasteiger partial charge in [0.15, 0.2) is 0 Å². The molecule has 0 saturated carbocycles. The van der Waals surface area contributed by atoms with E-state index in [1.54, 1.807) is 12.4 Å². The highest BCUT2D eigenvalue weighted by Crippen LogP contribution is 2.07. The molecule has 1 aromatic heterocycles. The summed E-state index contributed by atoms with van der Waals surface area (Å²) in [6.45, 7) is 1.04. The summed E-state index contributed by atoms with van der Waals surface area (Å²) in [6, 6.07) is 0. The topological polar surface area (TPSA) is 68.2 Å². The Bertz CT molecular complexity index is 350. The van der Waals surface area contributed by atoms with Gasteiger partial charge in [-0.1, -0.05) is 0 Å². The van der Waals surface area contributed by atoms with E-state index < -0.39 is 0 Å². The highest BCUT2D eigenvalue weighted by Gasteiger charge is 2.01. The second-order valence-electron chi connectivity index (χ2n) is 3.41. The molecule has 84 valence electrons. The zero-order chi connectivity index (χ0) is 11.3. The summed E-state index contributed by atoms with van der Waals surface area (Å²) < 4.78 is 2.38. The van der Waals surface area contributed by atoms with Crippen molar-refractivity contribution in [2.75, 3.05) is 12.3 Å². The number of nitrogen functional groups attached to an aromatic ring is 1. The Kier molecular flexibility index (Phi) is 4.84. The van der Waals surface area contributed by atoms with Crippen LogP contribution < -0.4 is 11.2 Å². The second kappa shape index (κ2) is 5.92. The Morgan fingerprint density at radius 1 is 1.33 bits per heavy atom. The Balaban J connectivity index is 2.59. The maximum Gasteiger partial charge on any atom is 0.218 e. The fraction of sp³-hybridized carbons (Fsp3) is 0.500. The zero-order valence-corrected chi connectivity index (χ0v) is 10.0. The van der Waals surface area contributed by atoms with Crippen LogP contribution in [0.3, 0.4) is 0 Å². The highest BCUT2D eigenvalue weighted by molar-refractivity contribution is 9.10. The minimum Gasteiger partial charge on any atom is -0.396 e. The number of halogens is 1. The number of rotatable bonds is 5. The number of aryl methyl sites for hydroxylation is 1. The largest absolute Gasteiger partial charge is 0.396 e. The number of aliphatic hydroxyl groups excluding tert-OH is 1. The smallest absolute Gasteiger partial charge is 0.218 e. The quantitative estimate of drug-likeness (QED) is 0.797. The number of hydrogen-bond donors (Lipinski definition) is 2. The van der Waals surface area contributed by atoms with Gasteiger partial charge in [0.05, 0.1) is 10.2 Å². The average Bonchev–Trinajstić information content (AvgIpc) is 2.21. The molecule has 1 heterocycles. The summed E-state index contributed by atoms with van der Waals surface area (Å²) in [5, 5.41) is 8.61. The number of aliphatic hydroxyl groups is 1. The molecule has 3 N–H and O–H groups in total. The van der Waals surface area contributed by atoms with Gasteiger partial charge in [-0.2, -0.15) is 0 Å². The monoisotopic (exact) mass is 274 g/mol. The molecular weight excluding hydrogens is 260 g/mol. The van der Waals surface area contributed by atoms with E-state index in [1.165, 1.54) is 0 Å². The molecule has 0 bridgehead atoms. The molecule has 15 heavy (non-hydrogen) atoms. The van der Waals surface area contributed by atoms with Crippen LogP contribution in [-0.2, 0) is 6.54 Å². The maximum atomic E-state index is 11.3. The van der Waals surface area contributed by atoms with Crippen LogP contribution in [0, 0.1) is 0 Å². The third-order valence-corrected chi connectivity index (χ3v) is 2.70. The minimum atomic E-state index is -0.165. The standard InChI is InChI=1S/C10H15BrN2O2/c11-8-6-13(4-2-1-3-5-14)7-9(12)10(8)15/h6-7,14H,1-5,12H2. The number of anilines is 1. The third kappa shape index (κ3) is 3.68. The molecule has 0 aliphatic rings. The molecule has 0 aliphatic carbocycles. The number of unbranched alkanes of at least 4 members (excludes halogenated alkanes) is 2. The molecule has 0 amide bonds. The maximum absolute atomic E-state index is 11.3. The summed E-state index contributed by atoms with van der Waals surface area (Å²) in [6.07, 6.45) is 6.13. The molecule has 0 aliphatic heterocycles. The Morgan fingerprint density at radius 3 is 2.67 bits per heavy atom. The lowest BCUT2D eigenvalue weighted by Crippen LogP contribution is -2.13. The van der Waals surface area contributed by atoms with Crippen molar-refractivity contribution in [1.29, 1.82) is 0 Å². The summed E-state index contributed by atoms with van der Waals surface area (Å²) in [5.41, 5.74) is 5.64. The Labute approximate surface area is 96.8 Å². The van der Waals surface area contributed by atoms with Crippen molar-refractivity contribution in [2.45, 2.75) is 25.8 Å². The molecule has 0 atom stereocenters. The number of nitrogens with zero attached hydrogens (tertiary/aromatic N) is 1. The Hall–Kier alpha value is -0.810. The van der Waals surface area contributed by atoms with Gasteiger partial charge in [0.2, 0.25) is 5.43 Å². The van der Waals surface area contributed by atoms with E-state index in [2.05, 4.69) is 15.9 Å². The van der Waals surface area contributed by atoms with E-state index in [4.69, 9.17) is 10.8 Å². The lowest BCUT2D eigenvalue weighted by molar-refractivity contribution is 0.282. The molecular formula is C10H15BrN2O2. The normalized spacial score (nSPS) is 10.5. The van der Waals surface area contributed by atoms with Crippen LogP contribution in [0.1, 0.15) is 19.3 Å². The van der Waals surface area contributed by atoms with Gasteiger partial charge in [-0.15, -0.1) is 0 Å². The van der Waals surface area contributed by atoms with E-state index in [9.17, 15) is 4.79 Å². The van der Waals surface area contributed by atoms with Crippen LogP contribution in [0.25, 0.3) is 0 Å². The number of aromatic nitrogens is 1. The lowest BCUT2D eigenvalue weighted by atomic mass is 10.2. The molecule has 0 saturated heterocycles. The van der Waals surface area contributed by atoms with Crippen LogP contribution >= 0.6 is 15.9 Å². The first-order chi connectivity index (χ1) is 7.15. The summed E-state index contributed by atoms with van der Waals surface area (Å²) in [5.74, 6) is 0. The summed E-state index contributed by atoms with van der Waals surface area (Å²) in [7, 11) is 0. The predicted octanol–water partition coefficient (Wildman–Crippen LogP) is 1.36. The fourth-order valence-electron chi connectivity index (χ4n) is 1.33. The summed E-state index contributed by atoms with van der Waals surface area (Å²) in [4.78, 5) is 11.3. The second-order valence-corrected chi connectivity index (χ2v) is 4.27. The van der Waals surface area contributed by atoms with Crippen LogP contribution in [0.4, 0.5) is 5.69 Å². The number of nitrogens with two attached hydrogens (primary N) is 1. The van der Waals surface area contributed by atoms with E-state index in [0.717, 1.165) is 25.8 Å². The van der Waals surface area contributed by atoms with Gasteiger partial charge in [-0.3, -0.25) is 4.79 Å². The van der Waals surface area contributed by atoms with Gasteiger partial charge in [-0.05, 0) is 35.2 Å². The lowest BCUT2D eigenvalue weighted by Gasteiger charge is -2.07. The fourth-order valence-corrected chi connectivity index (χ4v) is 1.82. The van der Waals surface area contributed by atoms with Gasteiger partial charge in [0.1, 0.15) is 0 Å². The molecule has 1 aromatic rings. The van der Waals surface area contributed by atoms with E-state index in [0.29, 0.717) is 4.47 Å². The van der Waals surface area contributed by atoms with Crippen molar-refractivity contribution in [3.05, 3.63) is 27.1 Å². The van der Waals surface area contributed by atoms with Crippen LogP contribution in [0.5, 0.6) is 0 Å². The van der Waals surface area contributed by atoms with Gasteiger partial charge < -0.3 is 15.4 Å². The van der Waals surface area contributed by atoms with Crippen molar-refractivity contribution < 1.29 is 5.11 Å². The predicted molar refractivity (Wildman–Crippen MR) is 63.8 cm³/mol. The van der Waals surface area contributed by atoms with Crippen molar-refractivity contribution in [2.24, 2.45) is 0 Å². The summed E-state index contributed by atoms with van der Waals surface area (Å²) >= 11 is 3.17. The van der Waals surface area contributed by atoms with Gasteiger partial charge in [0.25, 0.3) is 0 Å². The molecule has 5 heteroatoms. The average molecular weight is 275 g/mol. The molecule has 1 rings (SSSR count). The van der Waals surface area contributed by atoms with Crippen LogP contribution in [0.2, 0.25) is 0 Å². The first-order valence-electron chi connectivity index (χ1n) is 4.91. The van der Waals surface area contributed by atoms with E-state index in [1.807, 2.05) is 4.57 Å². The zero-order valence-electron chi connectivity index (χ0n) is 8.45. The van der Waals surface area contributed by atoms with Gasteiger partial charge >= 0.3 is 0 Å². The molecule has 0 radical (unpaired) electrons. The van der Waals surface area contributed by atoms with Gasteiger partial charge in [0, 0.05) is 25.5 Å². The minimum absolute atomic E-state index is 0.165. The first-order valence-corrected chi connectivity index (χ1v) is 5.70. The number of hydrogen-bond acceptors (Lipinski definition) is 3. The van der Waals surface area contributed by atoms with E-state index in [-0.39, 0.29) is 17.7 Å². The molecule has 0 spiro atoms. The third-order valence-electron chi connectivity index (χ3n) is 2.14. The van der Waals surface area contributed by atoms with Crippen molar-refractivity contribution in [3.63, 3.8) is 0 Å². The Morgan fingerprint density at radius 2 is 2.07 bits per heavy atom. The van der Waals surface area contributed by atoms with E-state index >= 15 is 0 Å². The molecule has 0 aromatic carbocycles. The van der Waals surface area contributed by atoms with Crippen LogP contribution in [-0.4, -0.2) is 16.3 Å². The molecule has 0 unspecified atom stereocenters. The van der Waals surface area contributed by atoms with Crippen molar-refractivity contribution >= 4 is 21.6 Å². The molecule has 0 fully saturated rings. The SMILES string of the molecule is Nc1cn(CCCCCO)cc(Br)c1=O. The number of pyridine rings is 1. The van der Waals surface area contributed by atoms with Gasteiger partial charge in [-0.25, -0.2) is 0 Å². The van der Waals surface area contributed by atoms with Crippen molar-refractivity contribution in [3.8, 4) is 0 Å². The van der Waals surface area contributed by atoms with Crippen molar-refractivity contribution in [1.82, 2.24) is 4.57 Å². The molecule has 4 nitrogen and oxygen atoms in total. The van der Waals surface area contributed by atoms with Crippen LogP contribution in [0.15, 0.2) is 21.7 Å². The highest BCUT2D eigenvalue weighted by atomic mass is 79.9. The first kappa shape index (κ1) is 12.3.